The van der Waals surface area contributed by atoms with Crippen LogP contribution < -0.4 is 0 Å². The molecule has 21 aliphatic heterocycles. The van der Waals surface area contributed by atoms with E-state index in [0.717, 1.165) is 0 Å². The molecule has 0 aliphatic carbocycles. The zero-order valence-electron chi connectivity index (χ0n) is 33.5. The van der Waals surface area contributed by atoms with Gasteiger partial charge in [-0.15, -0.1) is 0 Å². The lowest BCUT2D eigenvalue weighted by Crippen LogP contribution is -2.68. The summed E-state index contributed by atoms with van der Waals surface area (Å²) in [4.78, 5) is 0. The Balaban J connectivity index is 0.988. The summed E-state index contributed by atoms with van der Waals surface area (Å²) in [6.45, 7) is -4.90. The molecule has 21 rings (SSSR count). The quantitative estimate of drug-likeness (QED) is 0.110. The van der Waals surface area contributed by atoms with Crippen molar-refractivity contribution in [2.45, 2.75) is 184 Å². The molecule has 12 bridgehead atoms. The average molecular weight is 937 g/mol. The molecular weight excluding hydrogens is 880 g/mol. The number of ether oxygens (including phenoxy) is 14. The van der Waals surface area contributed by atoms with Crippen LogP contribution in [0, 0.1) is 0 Å². The summed E-state index contributed by atoms with van der Waals surface area (Å²) in [5.74, 6) is 0. The normalized spacial score (nSPS) is 57.7. The minimum absolute atomic E-state index is 0.653. The van der Waals surface area contributed by atoms with Gasteiger partial charge in [0.15, 0.2) is 37.7 Å². The highest BCUT2D eigenvalue weighted by Gasteiger charge is 2.66. The summed E-state index contributed by atoms with van der Waals surface area (Å²) in [6, 6.07) is 0. The van der Waals surface area contributed by atoms with Gasteiger partial charge in [0.2, 0.25) is 0 Å². The molecule has 0 amide bonds. The van der Waals surface area contributed by atoms with E-state index in [2.05, 4.69) is 0 Å². The van der Waals surface area contributed by atoms with E-state index in [-0.39, 0.29) is 0 Å². The molecule has 0 aromatic rings. The van der Waals surface area contributed by atoms with Gasteiger partial charge < -0.3 is 138 Å². The molecule has 14 N–H and O–H groups in total. The van der Waals surface area contributed by atoms with Crippen molar-refractivity contribution >= 4 is 0 Å². The molecule has 0 spiro atoms. The van der Waals surface area contributed by atoms with Crippen LogP contribution in [0.3, 0.4) is 0 Å². The molecule has 0 radical (unpaired) electrons. The fourth-order valence-electron chi connectivity index (χ4n) is 9.42. The second-order valence-electron chi connectivity index (χ2n) is 17.0. The molecule has 21 heterocycles. The maximum absolute atomic E-state index is 11.3. The lowest BCUT2D eigenvalue weighted by atomic mass is 9.95. The number of rotatable bonds is 6. The Morgan fingerprint density at radius 1 is 0.188 bits per heavy atom. The molecule has 0 aromatic heterocycles. The summed E-state index contributed by atoms with van der Waals surface area (Å²) >= 11 is 0. The Morgan fingerprint density at radius 2 is 0.391 bits per heavy atom. The van der Waals surface area contributed by atoms with Crippen LogP contribution in [0.2, 0.25) is 0 Å². The van der Waals surface area contributed by atoms with Gasteiger partial charge in [0.1, 0.15) is 146 Å². The molecule has 0 aromatic carbocycles. The number of hydrogen-bond donors (Lipinski definition) is 14. The van der Waals surface area contributed by atoms with E-state index < -0.39 is 224 Å². The first-order chi connectivity index (χ1) is 30.7. The first-order valence-electron chi connectivity index (χ1n) is 21.0. The maximum atomic E-state index is 11.3. The number of hydrogen-bond acceptors (Lipinski definition) is 28. The molecule has 0 saturated carbocycles. The van der Waals surface area contributed by atoms with Gasteiger partial charge in [-0.1, -0.05) is 0 Å². The van der Waals surface area contributed by atoms with Crippen molar-refractivity contribution in [1.82, 2.24) is 0 Å². The number of epoxide rings is 2. The molecule has 21 aliphatic rings. The van der Waals surface area contributed by atoms with Gasteiger partial charge in [-0.2, -0.15) is 0 Å². The first kappa shape index (κ1) is 47.9. The minimum Gasteiger partial charge on any atom is -0.394 e. The second kappa shape index (κ2) is 19.3. The number of aliphatic hydroxyl groups excluding tert-OH is 14. The Morgan fingerprint density at radius 3 is 0.656 bits per heavy atom. The topological polar surface area (TPSA) is 419 Å². The van der Waals surface area contributed by atoms with Crippen molar-refractivity contribution < 1.29 is 138 Å². The van der Waals surface area contributed by atoms with Crippen LogP contribution in [0.5, 0.6) is 0 Å². The standard InChI is InChI=1S/C36H56O28/c37-1-7-21-13(43)18(48)32(52-7)61-23-9(3-39)54-34(20(50)15(23)45)63-25-11(5-41)56-36(30-27(25)57-30)64-26-12(6-42)55-35(29-28(26)58-29)62-24-10(4-40)53-33(19(49)16(24)46)60-22-8(2-38)51-31(59-21)17(47)14(22)44/h7-50H,1-6H2/t7-,8-,9-,10-,11-,12-,13-,14-,15-,16-,17-,18-,19-,20-,21-,22-,23-,24-,25-,26-,27+,28+,29+,30+,31-,32-,33-,34-,35-,36-/m1/s1. The van der Waals surface area contributed by atoms with Crippen LogP contribution >= 0.6 is 0 Å². The molecule has 28 nitrogen and oxygen atoms in total. The molecule has 368 valence electrons. The Bertz CT molecular complexity index is 1550. The van der Waals surface area contributed by atoms with Crippen LogP contribution in [0.15, 0.2) is 0 Å². The van der Waals surface area contributed by atoms with Gasteiger partial charge in [-0.3, -0.25) is 0 Å². The monoisotopic (exact) mass is 936 g/mol. The Kier molecular flexibility index (Phi) is 14.5. The summed E-state index contributed by atoms with van der Waals surface area (Å²) in [7, 11) is 0. The highest BCUT2D eigenvalue weighted by molar-refractivity contribution is 5.07. The first-order valence-corrected chi connectivity index (χ1v) is 21.0. The largest absolute Gasteiger partial charge is 0.394 e. The summed E-state index contributed by atoms with van der Waals surface area (Å²) in [5, 5.41) is 152. The van der Waals surface area contributed by atoms with Gasteiger partial charge in [0, 0.05) is 0 Å². The van der Waals surface area contributed by atoms with Gasteiger partial charge in [0.05, 0.1) is 39.6 Å². The molecule has 64 heavy (non-hydrogen) atoms. The highest BCUT2D eigenvalue weighted by atomic mass is 16.8. The van der Waals surface area contributed by atoms with Crippen LogP contribution in [0.4, 0.5) is 0 Å². The Labute approximate surface area is 361 Å². The minimum atomic E-state index is -2.08. The van der Waals surface area contributed by atoms with Gasteiger partial charge in [-0.05, 0) is 0 Å². The third-order valence-electron chi connectivity index (χ3n) is 13.0. The predicted octanol–water partition coefficient (Wildman–Crippen LogP) is -11.0. The van der Waals surface area contributed by atoms with Crippen LogP contribution in [0.1, 0.15) is 0 Å². The highest BCUT2D eigenvalue weighted by Crippen LogP contribution is 2.46. The predicted molar refractivity (Wildman–Crippen MR) is 189 cm³/mol. The van der Waals surface area contributed by atoms with E-state index in [4.69, 9.17) is 66.3 Å². The van der Waals surface area contributed by atoms with Crippen molar-refractivity contribution in [3.8, 4) is 0 Å². The van der Waals surface area contributed by atoms with Crippen molar-refractivity contribution in [3.63, 3.8) is 0 Å². The summed E-state index contributed by atoms with van der Waals surface area (Å²) in [5.41, 5.74) is 0. The third-order valence-corrected chi connectivity index (χ3v) is 13.0. The third kappa shape index (κ3) is 8.65. The van der Waals surface area contributed by atoms with Crippen LogP contribution in [-0.4, -0.2) is 295 Å². The van der Waals surface area contributed by atoms with E-state index in [1.54, 1.807) is 0 Å². The van der Waals surface area contributed by atoms with Gasteiger partial charge in [-0.25, -0.2) is 0 Å². The smallest absolute Gasteiger partial charge is 0.187 e. The van der Waals surface area contributed by atoms with Crippen molar-refractivity contribution in [2.24, 2.45) is 0 Å². The lowest BCUT2D eigenvalue weighted by molar-refractivity contribution is -0.393. The summed E-state index contributed by atoms with van der Waals surface area (Å²) < 4.78 is 81.9. The Hall–Kier alpha value is -1.12. The molecule has 0 unspecified atom stereocenters. The zero-order chi connectivity index (χ0) is 45.5. The molecule has 30 atom stereocenters. The molecule has 21 saturated heterocycles. The maximum Gasteiger partial charge on any atom is 0.187 e. The zero-order valence-corrected chi connectivity index (χ0v) is 33.5. The fourth-order valence-corrected chi connectivity index (χ4v) is 9.42. The molecule has 21 fully saturated rings. The van der Waals surface area contributed by atoms with Crippen LogP contribution in [0.25, 0.3) is 0 Å². The van der Waals surface area contributed by atoms with E-state index in [9.17, 15) is 71.5 Å². The van der Waals surface area contributed by atoms with Crippen molar-refractivity contribution in [2.75, 3.05) is 39.6 Å². The average Bonchev–Trinajstić information content (AvgIpc) is 4.24. The van der Waals surface area contributed by atoms with E-state index in [1.165, 1.54) is 0 Å². The van der Waals surface area contributed by atoms with Gasteiger partial charge >= 0.3 is 0 Å². The second-order valence-corrected chi connectivity index (χ2v) is 17.0. The van der Waals surface area contributed by atoms with E-state index >= 15 is 0 Å². The SMILES string of the molecule is OC[C@H]1O[C@@H]2O[C@H]3[C@H](O)[C@@H](O)[C@@H](O[C@H]4[C@@H]5O[C@@H]5[C@@H](O[C@H]5[C@@H]6O[C@@H]6[C@@H](O[C@H]6[C@H](O)[C@@H](O)[C@@H](O[C@H]7[C@H](O)[C@@H](O)[C@@H](O[C@H]1[C@H](O)[C@H]2O)O[C@@H]7CO)O[C@@H]6CO)O[C@@H]5CO)O[C@@H]4CO)O[C@@H]3CO. The van der Waals surface area contributed by atoms with Gasteiger partial charge in [0.25, 0.3) is 0 Å². The van der Waals surface area contributed by atoms with E-state index in [0.29, 0.717) is 0 Å². The molecule has 28 heteroatoms. The van der Waals surface area contributed by atoms with Crippen LogP contribution in [-0.2, 0) is 66.3 Å². The molecular formula is C36H56O28. The van der Waals surface area contributed by atoms with Crippen molar-refractivity contribution in [1.29, 1.82) is 0 Å². The summed E-state index contributed by atoms with van der Waals surface area (Å²) in [6.07, 6.45) is -46.6. The lowest BCUT2D eigenvalue weighted by Gasteiger charge is -2.49. The fraction of sp³-hybridized carbons (Fsp3) is 1.00. The van der Waals surface area contributed by atoms with Crippen molar-refractivity contribution in [3.05, 3.63) is 0 Å². The van der Waals surface area contributed by atoms with E-state index in [1.807, 2.05) is 0 Å². The number of aliphatic hydroxyl groups is 14.